The van der Waals surface area contributed by atoms with Crippen LogP contribution in [0.5, 0.6) is 5.75 Å². The largest absolute Gasteiger partial charge is 0.497 e. The first kappa shape index (κ1) is 10.3. The fraction of sp³-hybridized carbons (Fsp3) is 0.500. The predicted octanol–water partition coefficient (Wildman–Crippen LogP) is 1.80. The van der Waals surface area contributed by atoms with Gasteiger partial charge in [-0.05, 0) is 36.6 Å². The van der Waals surface area contributed by atoms with Crippen molar-refractivity contribution in [3.8, 4) is 5.75 Å². The molecule has 0 saturated heterocycles. The van der Waals surface area contributed by atoms with E-state index in [1.165, 1.54) is 5.56 Å². The summed E-state index contributed by atoms with van der Waals surface area (Å²) in [5, 5.41) is 12.8. The summed E-state index contributed by atoms with van der Waals surface area (Å²) in [5.74, 6) is 0.875. The summed E-state index contributed by atoms with van der Waals surface area (Å²) in [4.78, 5) is 0. The number of ether oxygens (including phenoxy) is 1. The molecular formula is C12H17NO2. The summed E-state index contributed by atoms with van der Waals surface area (Å²) in [6.45, 7) is 2.26. The van der Waals surface area contributed by atoms with E-state index in [2.05, 4.69) is 12.2 Å². The average Bonchev–Trinajstić information content (AvgIpc) is 2.67. The third-order valence-corrected chi connectivity index (χ3v) is 3.22. The van der Waals surface area contributed by atoms with Gasteiger partial charge in [0.15, 0.2) is 0 Å². The van der Waals surface area contributed by atoms with Gasteiger partial charge in [-0.3, -0.25) is 0 Å². The first-order valence-electron chi connectivity index (χ1n) is 5.29. The lowest BCUT2D eigenvalue weighted by molar-refractivity contribution is 0.211. The van der Waals surface area contributed by atoms with E-state index in [0.29, 0.717) is 0 Å². The number of aliphatic hydroxyl groups is 1. The summed E-state index contributed by atoms with van der Waals surface area (Å²) in [6.07, 6.45) is 1.78. The minimum atomic E-state index is -0.172. The van der Waals surface area contributed by atoms with Crippen molar-refractivity contribution in [3.63, 3.8) is 0 Å². The Balaban J connectivity index is 2.30. The van der Waals surface area contributed by atoms with E-state index in [1.54, 1.807) is 7.11 Å². The third kappa shape index (κ3) is 1.67. The molecule has 1 heterocycles. The predicted molar refractivity (Wildman–Crippen MR) is 60.4 cm³/mol. The number of rotatable bonds is 3. The maximum atomic E-state index is 9.42. The molecule has 0 saturated carbocycles. The summed E-state index contributed by atoms with van der Waals surface area (Å²) in [6, 6.07) is 5.99. The van der Waals surface area contributed by atoms with Crippen molar-refractivity contribution in [2.75, 3.05) is 19.0 Å². The Morgan fingerprint density at radius 1 is 1.53 bits per heavy atom. The lowest BCUT2D eigenvalue weighted by atomic mass is 9.93. The van der Waals surface area contributed by atoms with E-state index in [4.69, 9.17) is 4.74 Å². The molecule has 0 aromatic heterocycles. The third-order valence-electron chi connectivity index (χ3n) is 3.22. The second-order valence-corrected chi connectivity index (χ2v) is 4.12. The molecule has 1 aromatic rings. The number of benzene rings is 1. The first-order valence-corrected chi connectivity index (χ1v) is 5.29. The van der Waals surface area contributed by atoms with Crippen LogP contribution in [0.4, 0.5) is 5.69 Å². The van der Waals surface area contributed by atoms with Crippen molar-refractivity contribution < 1.29 is 9.84 Å². The van der Waals surface area contributed by atoms with E-state index in [0.717, 1.165) is 24.3 Å². The average molecular weight is 207 g/mol. The second-order valence-electron chi connectivity index (χ2n) is 4.12. The Morgan fingerprint density at radius 2 is 2.33 bits per heavy atom. The summed E-state index contributed by atoms with van der Waals surface area (Å²) < 4.78 is 5.18. The number of hydrogen-bond donors (Lipinski definition) is 2. The second kappa shape index (κ2) is 3.74. The quantitative estimate of drug-likeness (QED) is 0.794. The molecule has 0 spiro atoms. The zero-order chi connectivity index (χ0) is 10.9. The fourth-order valence-electron chi connectivity index (χ4n) is 2.08. The van der Waals surface area contributed by atoms with Gasteiger partial charge >= 0.3 is 0 Å². The zero-order valence-corrected chi connectivity index (χ0v) is 9.21. The van der Waals surface area contributed by atoms with E-state index in [-0.39, 0.29) is 12.1 Å². The van der Waals surface area contributed by atoms with Gasteiger partial charge in [-0.1, -0.05) is 6.92 Å². The maximum Gasteiger partial charge on any atom is 0.119 e. The number of aliphatic hydroxyl groups excluding tert-OH is 1. The van der Waals surface area contributed by atoms with Gasteiger partial charge in [0.2, 0.25) is 0 Å². The highest BCUT2D eigenvalue weighted by Crippen LogP contribution is 2.36. The summed E-state index contributed by atoms with van der Waals surface area (Å²) in [7, 11) is 1.67. The topological polar surface area (TPSA) is 41.5 Å². The van der Waals surface area contributed by atoms with Crippen LogP contribution in [-0.2, 0) is 6.42 Å². The van der Waals surface area contributed by atoms with Gasteiger partial charge in [-0.25, -0.2) is 0 Å². The lowest BCUT2D eigenvalue weighted by Crippen LogP contribution is -2.39. The normalized spacial score (nSPS) is 23.4. The first-order chi connectivity index (χ1) is 7.23. The van der Waals surface area contributed by atoms with Crippen molar-refractivity contribution >= 4 is 5.69 Å². The van der Waals surface area contributed by atoms with Gasteiger partial charge in [-0.15, -0.1) is 0 Å². The van der Waals surface area contributed by atoms with Crippen molar-refractivity contribution in [2.45, 2.75) is 25.3 Å². The number of hydrogen-bond acceptors (Lipinski definition) is 3. The van der Waals surface area contributed by atoms with E-state index in [9.17, 15) is 5.11 Å². The highest BCUT2D eigenvalue weighted by atomic mass is 16.5. The van der Waals surface area contributed by atoms with Gasteiger partial charge in [0, 0.05) is 5.69 Å². The monoisotopic (exact) mass is 207 g/mol. The summed E-state index contributed by atoms with van der Waals surface area (Å²) in [5.41, 5.74) is 2.17. The maximum absolute atomic E-state index is 9.42. The molecule has 0 amide bonds. The van der Waals surface area contributed by atoms with Crippen molar-refractivity contribution in [1.29, 1.82) is 0 Å². The molecule has 1 aromatic carbocycles. The molecule has 1 unspecified atom stereocenters. The van der Waals surface area contributed by atoms with Crippen molar-refractivity contribution in [1.82, 2.24) is 0 Å². The Labute approximate surface area is 90.1 Å². The van der Waals surface area contributed by atoms with Crippen LogP contribution in [0, 0.1) is 0 Å². The fourth-order valence-corrected chi connectivity index (χ4v) is 2.08. The van der Waals surface area contributed by atoms with Gasteiger partial charge in [-0.2, -0.15) is 0 Å². The number of nitrogens with one attached hydrogen (secondary N) is 1. The molecule has 3 nitrogen and oxygen atoms in total. The van der Waals surface area contributed by atoms with Crippen LogP contribution in [0.25, 0.3) is 0 Å². The molecule has 2 N–H and O–H groups in total. The molecule has 0 aliphatic carbocycles. The van der Waals surface area contributed by atoms with Gasteiger partial charge in [0.1, 0.15) is 5.75 Å². The van der Waals surface area contributed by atoms with Crippen LogP contribution < -0.4 is 10.1 Å². The van der Waals surface area contributed by atoms with Gasteiger partial charge < -0.3 is 15.2 Å². The van der Waals surface area contributed by atoms with Crippen molar-refractivity contribution in [3.05, 3.63) is 23.8 Å². The molecule has 82 valence electrons. The minimum Gasteiger partial charge on any atom is -0.497 e. The van der Waals surface area contributed by atoms with E-state index < -0.39 is 0 Å². The van der Waals surface area contributed by atoms with E-state index >= 15 is 0 Å². The van der Waals surface area contributed by atoms with Crippen molar-refractivity contribution in [2.24, 2.45) is 0 Å². The molecule has 1 aliphatic rings. The molecule has 1 atom stereocenters. The molecule has 3 heteroatoms. The van der Waals surface area contributed by atoms with Crippen LogP contribution >= 0.6 is 0 Å². The standard InChI is InChI=1S/C12H17NO2/c1-3-12(8-14)7-9-6-10(15-2)4-5-11(9)13-12/h4-6,13-14H,3,7-8H2,1-2H3. The lowest BCUT2D eigenvalue weighted by Gasteiger charge is -2.25. The molecule has 2 rings (SSSR count). The SMILES string of the molecule is CCC1(CO)Cc2cc(OC)ccc2N1. The smallest absolute Gasteiger partial charge is 0.119 e. The zero-order valence-electron chi connectivity index (χ0n) is 9.21. The molecule has 0 radical (unpaired) electrons. The number of fused-ring (bicyclic) bond motifs is 1. The molecule has 0 bridgehead atoms. The van der Waals surface area contributed by atoms with Gasteiger partial charge in [0.05, 0.1) is 19.3 Å². The van der Waals surface area contributed by atoms with E-state index in [1.807, 2.05) is 18.2 Å². The Hall–Kier alpha value is -1.22. The molecule has 0 fully saturated rings. The highest BCUT2D eigenvalue weighted by molar-refractivity contribution is 5.61. The Kier molecular flexibility index (Phi) is 2.57. The highest BCUT2D eigenvalue weighted by Gasteiger charge is 2.34. The minimum absolute atomic E-state index is 0.167. The van der Waals surface area contributed by atoms with Crippen LogP contribution in [-0.4, -0.2) is 24.4 Å². The van der Waals surface area contributed by atoms with Crippen LogP contribution in [0.3, 0.4) is 0 Å². The van der Waals surface area contributed by atoms with Gasteiger partial charge in [0.25, 0.3) is 0 Å². The van der Waals surface area contributed by atoms with Crippen LogP contribution in [0.1, 0.15) is 18.9 Å². The number of anilines is 1. The number of methoxy groups -OCH3 is 1. The summed E-state index contributed by atoms with van der Waals surface area (Å²) >= 11 is 0. The Bertz CT molecular complexity index is 359. The van der Waals surface area contributed by atoms with Crippen LogP contribution in [0.15, 0.2) is 18.2 Å². The molecule has 1 aliphatic heterocycles. The molecular weight excluding hydrogens is 190 g/mol. The molecule has 15 heavy (non-hydrogen) atoms. The van der Waals surface area contributed by atoms with Crippen LogP contribution in [0.2, 0.25) is 0 Å². The Morgan fingerprint density at radius 3 is 2.93 bits per heavy atom.